The molecule has 3 heteroatoms. The normalized spacial score (nSPS) is 17.5. The van der Waals surface area contributed by atoms with Gasteiger partial charge in [0.1, 0.15) is 12.5 Å². The molecule has 0 fully saturated rings. The summed E-state index contributed by atoms with van der Waals surface area (Å²) in [5.74, 6) is 0.256. The number of nitrogens with one attached hydrogen (secondary N) is 1. The number of aliphatic hydroxyl groups excluding tert-OH is 2. The van der Waals surface area contributed by atoms with Crippen LogP contribution in [0.1, 0.15) is 27.7 Å². The van der Waals surface area contributed by atoms with Crippen LogP contribution < -0.4 is 5.32 Å². The summed E-state index contributed by atoms with van der Waals surface area (Å²) in [6, 6.07) is 0. The summed E-state index contributed by atoms with van der Waals surface area (Å²) < 4.78 is 0. The van der Waals surface area contributed by atoms with Gasteiger partial charge >= 0.3 is 0 Å². The smallest absolute Gasteiger partial charge is 0.109 e. The third-order valence-corrected chi connectivity index (χ3v) is 1.60. The average Bonchev–Trinajstić information content (AvgIpc) is 1.87. The van der Waals surface area contributed by atoms with Crippen molar-refractivity contribution in [1.82, 2.24) is 5.32 Å². The Morgan fingerprint density at radius 2 is 1.09 bits per heavy atom. The SMILES string of the molecule is CC(C)C(O)NC(O)C(C)C. The molecule has 68 valence electrons. The van der Waals surface area contributed by atoms with Gasteiger partial charge in [-0.25, -0.2) is 0 Å². The van der Waals surface area contributed by atoms with Crippen LogP contribution in [-0.2, 0) is 0 Å². The summed E-state index contributed by atoms with van der Waals surface area (Å²) in [5.41, 5.74) is 0. The average molecular weight is 161 g/mol. The summed E-state index contributed by atoms with van der Waals surface area (Å²) in [5, 5.41) is 21.2. The fourth-order valence-corrected chi connectivity index (χ4v) is 0.560. The molecule has 0 aromatic heterocycles. The molecule has 11 heavy (non-hydrogen) atoms. The van der Waals surface area contributed by atoms with E-state index < -0.39 is 12.5 Å². The Morgan fingerprint density at radius 3 is 1.27 bits per heavy atom. The van der Waals surface area contributed by atoms with E-state index in [-0.39, 0.29) is 11.8 Å². The van der Waals surface area contributed by atoms with Crippen molar-refractivity contribution in [1.29, 1.82) is 0 Å². The molecule has 0 aromatic rings. The second kappa shape index (κ2) is 4.70. The van der Waals surface area contributed by atoms with Crippen molar-refractivity contribution in [3.63, 3.8) is 0 Å². The van der Waals surface area contributed by atoms with E-state index >= 15 is 0 Å². The highest BCUT2D eigenvalue weighted by molar-refractivity contribution is 4.62. The third-order valence-electron chi connectivity index (χ3n) is 1.60. The Hall–Kier alpha value is -0.120. The molecule has 0 radical (unpaired) electrons. The van der Waals surface area contributed by atoms with E-state index in [2.05, 4.69) is 5.32 Å². The highest BCUT2D eigenvalue weighted by atomic mass is 16.3. The van der Waals surface area contributed by atoms with E-state index in [0.717, 1.165) is 0 Å². The number of hydrogen-bond acceptors (Lipinski definition) is 3. The standard InChI is InChI=1S/C8H19NO2/c1-5(2)7(10)9-8(11)6(3)4/h5-11H,1-4H3. The lowest BCUT2D eigenvalue weighted by atomic mass is 10.1. The number of rotatable bonds is 4. The first-order valence-corrected chi connectivity index (χ1v) is 4.07. The first-order chi connectivity index (χ1) is 4.95. The zero-order valence-electron chi connectivity index (χ0n) is 7.70. The highest BCUT2D eigenvalue weighted by Gasteiger charge is 2.15. The van der Waals surface area contributed by atoms with Gasteiger partial charge in [0.25, 0.3) is 0 Å². The molecular weight excluding hydrogens is 142 g/mol. The molecule has 2 unspecified atom stereocenters. The number of hydrogen-bond donors (Lipinski definition) is 3. The van der Waals surface area contributed by atoms with Crippen LogP contribution in [0, 0.1) is 11.8 Å². The summed E-state index contributed by atoms with van der Waals surface area (Å²) in [6.45, 7) is 7.57. The molecular formula is C8H19NO2. The van der Waals surface area contributed by atoms with Crippen molar-refractivity contribution >= 4 is 0 Å². The van der Waals surface area contributed by atoms with Gasteiger partial charge in [0.15, 0.2) is 0 Å². The van der Waals surface area contributed by atoms with Gasteiger partial charge in [-0.1, -0.05) is 27.7 Å². The molecule has 3 nitrogen and oxygen atoms in total. The fraction of sp³-hybridized carbons (Fsp3) is 1.00. The fourth-order valence-electron chi connectivity index (χ4n) is 0.560. The van der Waals surface area contributed by atoms with E-state index in [9.17, 15) is 10.2 Å². The van der Waals surface area contributed by atoms with Crippen LogP contribution in [0.5, 0.6) is 0 Å². The first-order valence-electron chi connectivity index (χ1n) is 4.07. The number of aliphatic hydroxyl groups is 2. The van der Waals surface area contributed by atoms with Crippen molar-refractivity contribution in [2.75, 3.05) is 0 Å². The zero-order chi connectivity index (χ0) is 9.02. The Labute approximate surface area is 68.4 Å². The molecule has 0 amide bonds. The van der Waals surface area contributed by atoms with Crippen molar-refractivity contribution in [3.05, 3.63) is 0 Å². The van der Waals surface area contributed by atoms with E-state index in [0.29, 0.717) is 0 Å². The van der Waals surface area contributed by atoms with Gasteiger partial charge in [-0.05, 0) is 11.8 Å². The summed E-state index contributed by atoms with van der Waals surface area (Å²) in [7, 11) is 0. The minimum Gasteiger partial charge on any atom is -0.378 e. The quantitative estimate of drug-likeness (QED) is 0.527. The summed E-state index contributed by atoms with van der Waals surface area (Å²) in [4.78, 5) is 0. The van der Waals surface area contributed by atoms with Crippen molar-refractivity contribution in [3.8, 4) is 0 Å². The molecule has 0 aliphatic carbocycles. The third kappa shape index (κ3) is 4.35. The van der Waals surface area contributed by atoms with Crippen LogP contribution in [0.3, 0.4) is 0 Å². The predicted molar refractivity (Wildman–Crippen MR) is 44.8 cm³/mol. The lowest BCUT2D eigenvalue weighted by Crippen LogP contribution is -2.43. The van der Waals surface area contributed by atoms with Crippen molar-refractivity contribution < 1.29 is 10.2 Å². The van der Waals surface area contributed by atoms with Crippen LogP contribution in [-0.4, -0.2) is 22.7 Å². The van der Waals surface area contributed by atoms with Gasteiger partial charge in [-0.3, -0.25) is 5.32 Å². The molecule has 3 N–H and O–H groups in total. The van der Waals surface area contributed by atoms with Gasteiger partial charge in [-0.15, -0.1) is 0 Å². The topological polar surface area (TPSA) is 52.5 Å². The molecule has 0 aromatic carbocycles. The van der Waals surface area contributed by atoms with E-state index in [1.54, 1.807) is 0 Å². The predicted octanol–water partition coefficient (Wildman–Crippen LogP) is 0.525. The maximum Gasteiger partial charge on any atom is 0.109 e. The van der Waals surface area contributed by atoms with E-state index in [1.807, 2.05) is 27.7 Å². The molecule has 0 saturated carbocycles. The molecule has 0 aliphatic rings. The van der Waals surface area contributed by atoms with Gasteiger partial charge in [0.05, 0.1) is 0 Å². The molecule has 0 bridgehead atoms. The molecule has 0 heterocycles. The second-order valence-corrected chi connectivity index (χ2v) is 3.54. The maximum atomic E-state index is 9.27. The molecule has 0 rings (SSSR count). The lowest BCUT2D eigenvalue weighted by Gasteiger charge is -2.22. The lowest BCUT2D eigenvalue weighted by molar-refractivity contribution is -0.00335. The minimum absolute atomic E-state index is 0.128. The molecule has 0 spiro atoms. The molecule has 0 aliphatic heterocycles. The minimum atomic E-state index is -0.618. The van der Waals surface area contributed by atoms with Gasteiger partial charge < -0.3 is 10.2 Å². The molecule has 0 saturated heterocycles. The van der Waals surface area contributed by atoms with Gasteiger partial charge in [0, 0.05) is 0 Å². The summed E-state index contributed by atoms with van der Waals surface area (Å²) >= 11 is 0. The Bertz CT molecular complexity index is 92.3. The van der Waals surface area contributed by atoms with Crippen LogP contribution in [0.4, 0.5) is 0 Å². The van der Waals surface area contributed by atoms with Gasteiger partial charge in [-0.2, -0.15) is 0 Å². The van der Waals surface area contributed by atoms with Crippen LogP contribution in [0.15, 0.2) is 0 Å². The van der Waals surface area contributed by atoms with Gasteiger partial charge in [0.2, 0.25) is 0 Å². The second-order valence-electron chi connectivity index (χ2n) is 3.54. The van der Waals surface area contributed by atoms with Crippen LogP contribution in [0.25, 0.3) is 0 Å². The Balaban J connectivity index is 3.66. The summed E-state index contributed by atoms with van der Waals surface area (Å²) in [6.07, 6.45) is -1.24. The maximum absolute atomic E-state index is 9.27. The monoisotopic (exact) mass is 161 g/mol. The van der Waals surface area contributed by atoms with Crippen molar-refractivity contribution in [2.45, 2.75) is 40.2 Å². The van der Waals surface area contributed by atoms with E-state index in [4.69, 9.17) is 0 Å². The zero-order valence-corrected chi connectivity index (χ0v) is 7.70. The molecule has 2 atom stereocenters. The Morgan fingerprint density at radius 1 is 0.818 bits per heavy atom. The van der Waals surface area contributed by atoms with Crippen molar-refractivity contribution in [2.24, 2.45) is 11.8 Å². The van der Waals surface area contributed by atoms with Crippen LogP contribution in [0.2, 0.25) is 0 Å². The largest absolute Gasteiger partial charge is 0.378 e. The Kier molecular flexibility index (Phi) is 4.65. The highest BCUT2D eigenvalue weighted by Crippen LogP contribution is 2.02. The van der Waals surface area contributed by atoms with Crippen LogP contribution >= 0.6 is 0 Å². The first kappa shape index (κ1) is 10.9. The van der Waals surface area contributed by atoms with E-state index in [1.165, 1.54) is 0 Å².